The Hall–Kier alpha value is -2.77. The van der Waals surface area contributed by atoms with Crippen molar-refractivity contribution < 1.29 is 14.3 Å². The van der Waals surface area contributed by atoms with Gasteiger partial charge in [-0.2, -0.15) is 0 Å². The molecule has 0 saturated heterocycles. The molecule has 2 aromatic carbocycles. The molecule has 1 heterocycles. The van der Waals surface area contributed by atoms with E-state index in [9.17, 15) is 4.79 Å². The fourth-order valence-electron chi connectivity index (χ4n) is 2.78. The molecule has 3 aromatic rings. The summed E-state index contributed by atoms with van der Waals surface area (Å²) in [7, 11) is 1.58. The second-order valence-electron chi connectivity index (χ2n) is 6.79. The zero-order chi connectivity index (χ0) is 20.0. The lowest BCUT2D eigenvalue weighted by Crippen LogP contribution is -2.20. The Morgan fingerprint density at radius 3 is 2.39 bits per heavy atom. The Morgan fingerprint density at radius 2 is 1.71 bits per heavy atom. The number of methoxy groups -OCH3 is 1. The van der Waals surface area contributed by atoms with E-state index < -0.39 is 0 Å². The molecule has 0 bridgehead atoms. The molecule has 0 spiro atoms. The average molecular weight is 398 g/mol. The summed E-state index contributed by atoms with van der Waals surface area (Å²) in [5, 5.41) is 11.6. The Balaban J connectivity index is 1.56. The van der Waals surface area contributed by atoms with Crippen molar-refractivity contribution in [1.82, 2.24) is 10.2 Å². The number of benzene rings is 2. The maximum atomic E-state index is 12.0. The van der Waals surface area contributed by atoms with Crippen molar-refractivity contribution in [3.63, 3.8) is 0 Å². The van der Waals surface area contributed by atoms with Crippen LogP contribution in [0.1, 0.15) is 30.0 Å². The van der Waals surface area contributed by atoms with E-state index in [2.05, 4.69) is 41.5 Å². The first kappa shape index (κ1) is 20.0. The van der Waals surface area contributed by atoms with Crippen LogP contribution in [-0.2, 0) is 21.6 Å². The van der Waals surface area contributed by atoms with Crippen LogP contribution in [0.25, 0.3) is 0 Å². The number of nitrogens with one attached hydrogen (secondary N) is 1. The van der Waals surface area contributed by atoms with Crippen molar-refractivity contribution in [2.75, 3.05) is 19.0 Å². The number of carbonyl (C=O) groups excluding carboxylic acids is 1. The maximum Gasteiger partial charge on any atom is 0.264 e. The summed E-state index contributed by atoms with van der Waals surface area (Å²) in [5.41, 5.74) is 2.30. The maximum absolute atomic E-state index is 12.0. The van der Waals surface area contributed by atoms with Crippen LogP contribution >= 0.6 is 11.3 Å². The van der Waals surface area contributed by atoms with Gasteiger partial charge in [-0.3, -0.25) is 10.1 Å². The van der Waals surface area contributed by atoms with Crippen molar-refractivity contribution in [2.24, 2.45) is 0 Å². The average Bonchev–Trinajstić information content (AvgIpc) is 3.14. The van der Waals surface area contributed by atoms with Crippen molar-refractivity contribution in [3.05, 3.63) is 70.7 Å². The highest BCUT2D eigenvalue weighted by molar-refractivity contribution is 7.15. The van der Waals surface area contributed by atoms with Crippen LogP contribution in [0.15, 0.2) is 54.6 Å². The zero-order valence-corrected chi connectivity index (χ0v) is 17.0. The quantitative estimate of drug-likeness (QED) is 0.621. The number of nitrogens with zero attached hydrogens (tertiary/aromatic N) is 2. The van der Waals surface area contributed by atoms with Crippen LogP contribution in [0, 0.1) is 0 Å². The zero-order valence-electron chi connectivity index (χ0n) is 16.1. The summed E-state index contributed by atoms with van der Waals surface area (Å²) in [5.74, 6) is 0.355. The van der Waals surface area contributed by atoms with Gasteiger partial charge < -0.3 is 9.47 Å². The van der Waals surface area contributed by atoms with E-state index in [0.29, 0.717) is 22.5 Å². The third-order valence-corrected chi connectivity index (χ3v) is 5.23. The van der Waals surface area contributed by atoms with Gasteiger partial charge >= 0.3 is 0 Å². The normalized spacial score (nSPS) is 11.2. The molecule has 0 unspecified atom stereocenters. The Labute approximate surface area is 168 Å². The Morgan fingerprint density at radius 1 is 1.04 bits per heavy atom. The first-order valence-corrected chi connectivity index (χ1v) is 9.70. The summed E-state index contributed by atoms with van der Waals surface area (Å²) < 4.78 is 10.6. The SMILES string of the molecule is COCc1nnc(NC(=O)COc2ccc(C(C)(C)c3ccccc3)cc2)s1. The van der Waals surface area contributed by atoms with E-state index in [1.165, 1.54) is 22.5 Å². The predicted octanol–water partition coefficient (Wildman–Crippen LogP) is 4.03. The van der Waals surface area contributed by atoms with Crippen LogP contribution in [0.5, 0.6) is 5.75 Å². The minimum atomic E-state index is -0.284. The van der Waals surface area contributed by atoms with Crippen molar-refractivity contribution in [1.29, 1.82) is 0 Å². The molecule has 1 amide bonds. The fraction of sp³-hybridized carbons (Fsp3) is 0.286. The van der Waals surface area contributed by atoms with E-state index in [-0.39, 0.29) is 17.9 Å². The third-order valence-electron chi connectivity index (χ3n) is 4.42. The van der Waals surface area contributed by atoms with Crippen molar-refractivity contribution in [2.45, 2.75) is 25.9 Å². The van der Waals surface area contributed by atoms with Gasteiger partial charge in [0.25, 0.3) is 5.91 Å². The van der Waals surface area contributed by atoms with E-state index in [1.54, 1.807) is 7.11 Å². The summed E-state index contributed by atoms with van der Waals surface area (Å²) >= 11 is 1.28. The van der Waals surface area contributed by atoms with Gasteiger partial charge in [0.15, 0.2) is 6.61 Å². The van der Waals surface area contributed by atoms with Crippen LogP contribution < -0.4 is 10.1 Å². The molecular weight excluding hydrogens is 374 g/mol. The third kappa shape index (κ3) is 4.94. The van der Waals surface area contributed by atoms with Gasteiger partial charge in [0.2, 0.25) is 5.13 Å². The van der Waals surface area contributed by atoms with E-state index in [0.717, 1.165) is 0 Å². The predicted molar refractivity (Wildman–Crippen MR) is 110 cm³/mol. The number of amides is 1. The van der Waals surface area contributed by atoms with Crippen molar-refractivity contribution >= 4 is 22.4 Å². The number of rotatable bonds is 8. The monoisotopic (exact) mass is 397 g/mol. The second-order valence-corrected chi connectivity index (χ2v) is 7.85. The van der Waals surface area contributed by atoms with Gasteiger partial charge in [0, 0.05) is 12.5 Å². The molecule has 146 valence electrons. The highest BCUT2D eigenvalue weighted by Crippen LogP contribution is 2.32. The summed E-state index contributed by atoms with van der Waals surface area (Å²) in [6, 6.07) is 18.2. The molecule has 6 nitrogen and oxygen atoms in total. The molecule has 0 aliphatic carbocycles. The molecule has 0 aliphatic heterocycles. The molecule has 7 heteroatoms. The lowest BCUT2D eigenvalue weighted by atomic mass is 9.78. The molecule has 3 rings (SSSR count). The fourth-order valence-corrected chi connectivity index (χ4v) is 3.51. The van der Waals surface area contributed by atoms with E-state index in [4.69, 9.17) is 9.47 Å². The van der Waals surface area contributed by atoms with Crippen LogP contribution in [-0.4, -0.2) is 29.8 Å². The number of anilines is 1. The molecule has 0 saturated carbocycles. The number of hydrogen-bond donors (Lipinski definition) is 1. The van der Waals surface area contributed by atoms with Gasteiger partial charge in [0.1, 0.15) is 17.4 Å². The smallest absolute Gasteiger partial charge is 0.264 e. The molecule has 28 heavy (non-hydrogen) atoms. The van der Waals surface area contributed by atoms with E-state index >= 15 is 0 Å². The topological polar surface area (TPSA) is 73.3 Å². The van der Waals surface area contributed by atoms with E-state index in [1.807, 2.05) is 42.5 Å². The molecule has 0 atom stereocenters. The molecule has 0 radical (unpaired) electrons. The summed E-state index contributed by atoms with van der Waals surface area (Å²) in [6.45, 7) is 4.65. The Kier molecular flexibility index (Phi) is 6.38. The second kappa shape index (κ2) is 8.95. The minimum Gasteiger partial charge on any atom is -0.484 e. The molecular formula is C21H23N3O3S. The highest BCUT2D eigenvalue weighted by atomic mass is 32.1. The van der Waals surface area contributed by atoms with Gasteiger partial charge in [-0.15, -0.1) is 10.2 Å². The number of hydrogen-bond acceptors (Lipinski definition) is 6. The minimum absolute atomic E-state index is 0.0966. The molecule has 0 aliphatic rings. The Bertz CT molecular complexity index is 908. The van der Waals surface area contributed by atoms with Crippen molar-refractivity contribution in [3.8, 4) is 5.75 Å². The van der Waals surface area contributed by atoms with Crippen LogP contribution in [0.3, 0.4) is 0 Å². The molecule has 1 N–H and O–H groups in total. The first-order chi connectivity index (χ1) is 13.5. The van der Waals surface area contributed by atoms with Gasteiger partial charge in [-0.25, -0.2) is 0 Å². The molecule has 1 aromatic heterocycles. The standard InChI is InChI=1S/C21H23N3O3S/c1-21(2,15-7-5-4-6-8-15)16-9-11-17(12-10-16)27-13-18(25)22-20-24-23-19(28-20)14-26-3/h4-12H,13-14H2,1-3H3,(H,22,24,25). The number of ether oxygens (including phenoxy) is 2. The summed E-state index contributed by atoms with van der Waals surface area (Å²) in [4.78, 5) is 12.0. The van der Waals surface area contributed by atoms with Gasteiger partial charge in [-0.05, 0) is 23.3 Å². The van der Waals surface area contributed by atoms with Gasteiger partial charge in [0.05, 0.1) is 0 Å². The number of aromatic nitrogens is 2. The lowest BCUT2D eigenvalue weighted by Gasteiger charge is -2.26. The van der Waals surface area contributed by atoms with Gasteiger partial charge in [-0.1, -0.05) is 67.6 Å². The lowest BCUT2D eigenvalue weighted by molar-refractivity contribution is -0.118. The van der Waals surface area contributed by atoms with Crippen LogP contribution in [0.4, 0.5) is 5.13 Å². The highest BCUT2D eigenvalue weighted by Gasteiger charge is 2.22. The molecule has 0 fully saturated rings. The largest absolute Gasteiger partial charge is 0.484 e. The summed E-state index contributed by atoms with van der Waals surface area (Å²) in [6.07, 6.45) is 0. The first-order valence-electron chi connectivity index (χ1n) is 8.89. The van der Waals surface area contributed by atoms with Crippen LogP contribution in [0.2, 0.25) is 0 Å². The number of carbonyl (C=O) groups is 1.